The highest BCUT2D eigenvalue weighted by Crippen LogP contribution is 2.05. The summed E-state index contributed by atoms with van der Waals surface area (Å²) >= 11 is 0. The number of allylic oxidation sites excluding steroid dienone is 1. The first-order valence-corrected chi connectivity index (χ1v) is 4.76. The van der Waals surface area contributed by atoms with Crippen LogP contribution in [0.3, 0.4) is 0 Å². The monoisotopic (exact) mass is 219 g/mol. The lowest BCUT2D eigenvalue weighted by molar-refractivity contribution is -0.134. The Morgan fingerprint density at radius 3 is 2.38 bits per heavy atom. The fourth-order valence-electron chi connectivity index (χ4n) is 1.17. The summed E-state index contributed by atoms with van der Waals surface area (Å²) in [7, 11) is 2.84. The van der Waals surface area contributed by atoms with Gasteiger partial charge in [0.05, 0.1) is 18.9 Å². The Hall–Kier alpha value is -2.10. The molecule has 0 amide bonds. The summed E-state index contributed by atoms with van der Waals surface area (Å²) in [5, 5.41) is 2.68. The SMILES string of the molecule is CN/C(=C/C(=O)OC)C(=O)c1ccccc1. The van der Waals surface area contributed by atoms with E-state index in [1.807, 2.05) is 6.07 Å². The lowest BCUT2D eigenvalue weighted by Gasteiger charge is -2.05. The first kappa shape index (κ1) is 12.0. The number of nitrogens with one attached hydrogen (secondary N) is 1. The van der Waals surface area contributed by atoms with Crippen molar-refractivity contribution in [2.75, 3.05) is 14.2 Å². The van der Waals surface area contributed by atoms with E-state index in [1.54, 1.807) is 31.3 Å². The number of carbonyl (C=O) groups is 2. The first-order valence-electron chi connectivity index (χ1n) is 4.76. The molecule has 1 rings (SSSR count). The summed E-state index contributed by atoms with van der Waals surface area (Å²) in [5.74, 6) is -0.804. The van der Waals surface area contributed by atoms with Gasteiger partial charge >= 0.3 is 5.97 Å². The summed E-state index contributed by atoms with van der Waals surface area (Å²) in [6.45, 7) is 0. The third kappa shape index (κ3) is 2.95. The fraction of sp³-hybridized carbons (Fsp3) is 0.167. The molecule has 0 bridgehead atoms. The van der Waals surface area contributed by atoms with E-state index in [0.29, 0.717) is 5.56 Å². The molecule has 0 aromatic heterocycles. The highest BCUT2D eigenvalue weighted by molar-refractivity contribution is 6.10. The first-order chi connectivity index (χ1) is 7.69. The van der Waals surface area contributed by atoms with Gasteiger partial charge < -0.3 is 10.1 Å². The minimum Gasteiger partial charge on any atom is -0.466 e. The molecule has 84 valence electrons. The molecule has 0 heterocycles. The summed E-state index contributed by atoms with van der Waals surface area (Å²) in [6, 6.07) is 8.72. The van der Waals surface area contributed by atoms with Gasteiger partial charge in [0.25, 0.3) is 0 Å². The highest BCUT2D eigenvalue weighted by atomic mass is 16.5. The lowest BCUT2D eigenvalue weighted by atomic mass is 10.1. The number of hydrogen-bond acceptors (Lipinski definition) is 4. The zero-order valence-corrected chi connectivity index (χ0v) is 9.19. The van der Waals surface area contributed by atoms with E-state index < -0.39 is 5.97 Å². The Morgan fingerprint density at radius 2 is 1.88 bits per heavy atom. The van der Waals surface area contributed by atoms with Crippen LogP contribution in [0.2, 0.25) is 0 Å². The van der Waals surface area contributed by atoms with Crippen LogP contribution in [0, 0.1) is 0 Å². The second-order valence-electron chi connectivity index (χ2n) is 3.03. The number of methoxy groups -OCH3 is 1. The molecule has 0 aliphatic heterocycles. The van der Waals surface area contributed by atoms with Crippen LogP contribution in [0.5, 0.6) is 0 Å². The second-order valence-corrected chi connectivity index (χ2v) is 3.03. The molecule has 0 saturated heterocycles. The standard InChI is InChI=1S/C12H13NO3/c1-13-10(8-11(14)16-2)12(15)9-6-4-3-5-7-9/h3-8,13H,1-2H3/b10-8+. The quantitative estimate of drug-likeness (QED) is 0.469. The average molecular weight is 219 g/mol. The molecule has 1 aromatic carbocycles. The normalized spacial score (nSPS) is 10.8. The van der Waals surface area contributed by atoms with E-state index in [4.69, 9.17) is 0 Å². The Bertz CT molecular complexity index is 410. The maximum atomic E-state index is 11.9. The maximum absolute atomic E-state index is 11.9. The van der Waals surface area contributed by atoms with E-state index in [2.05, 4.69) is 10.1 Å². The lowest BCUT2D eigenvalue weighted by Crippen LogP contribution is -2.18. The molecule has 4 nitrogen and oxygen atoms in total. The van der Waals surface area contributed by atoms with Gasteiger partial charge in [0, 0.05) is 12.6 Å². The predicted octanol–water partition coefficient (Wildman–Crippen LogP) is 1.15. The van der Waals surface area contributed by atoms with Crippen LogP contribution in [-0.4, -0.2) is 25.9 Å². The number of Topliss-reactive ketones (excluding diaryl/α,β-unsaturated/α-hetero) is 1. The second kappa shape index (κ2) is 5.70. The Morgan fingerprint density at radius 1 is 1.25 bits per heavy atom. The van der Waals surface area contributed by atoms with Crippen molar-refractivity contribution in [3.05, 3.63) is 47.7 Å². The smallest absolute Gasteiger partial charge is 0.332 e. The van der Waals surface area contributed by atoms with E-state index in [1.165, 1.54) is 7.11 Å². The number of esters is 1. The molecule has 1 aromatic rings. The van der Waals surface area contributed by atoms with Crippen molar-refractivity contribution in [3.8, 4) is 0 Å². The highest BCUT2D eigenvalue weighted by Gasteiger charge is 2.11. The van der Waals surface area contributed by atoms with Crippen LogP contribution in [0.4, 0.5) is 0 Å². The molecule has 0 radical (unpaired) electrons. The number of carbonyl (C=O) groups excluding carboxylic acids is 2. The van der Waals surface area contributed by atoms with Crippen LogP contribution in [-0.2, 0) is 9.53 Å². The number of rotatable bonds is 4. The molecule has 4 heteroatoms. The summed E-state index contributed by atoms with van der Waals surface area (Å²) in [6.07, 6.45) is 1.13. The van der Waals surface area contributed by atoms with Crippen LogP contribution >= 0.6 is 0 Å². The molecular formula is C12H13NO3. The summed E-state index contributed by atoms with van der Waals surface area (Å²) in [5.41, 5.74) is 0.727. The van der Waals surface area contributed by atoms with Crippen molar-refractivity contribution in [1.29, 1.82) is 0 Å². The Balaban J connectivity index is 2.95. The topological polar surface area (TPSA) is 55.4 Å². The van der Waals surface area contributed by atoms with Crippen molar-refractivity contribution >= 4 is 11.8 Å². The van der Waals surface area contributed by atoms with Gasteiger partial charge in [-0.3, -0.25) is 4.79 Å². The van der Waals surface area contributed by atoms with Crippen molar-refractivity contribution in [3.63, 3.8) is 0 Å². The van der Waals surface area contributed by atoms with Crippen molar-refractivity contribution in [2.45, 2.75) is 0 Å². The van der Waals surface area contributed by atoms with Gasteiger partial charge in [0.1, 0.15) is 0 Å². The molecule has 1 N–H and O–H groups in total. The molecule has 16 heavy (non-hydrogen) atoms. The van der Waals surface area contributed by atoms with Crippen molar-refractivity contribution in [2.24, 2.45) is 0 Å². The van der Waals surface area contributed by atoms with Gasteiger partial charge in [-0.2, -0.15) is 0 Å². The minimum atomic E-state index is -0.561. The molecule has 0 atom stereocenters. The van der Waals surface area contributed by atoms with Crippen LogP contribution < -0.4 is 5.32 Å². The van der Waals surface area contributed by atoms with Gasteiger partial charge in [0.15, 0.2) is 0 Å². The van der Waals surface area contributed by atoms with E-state index in [9.17, 15) is 9.59 Å². The molecule has 0 spiro atoms. The van der Waals surface area contributed by atoms with Gasteiger partial charge in [-0.1, -0.05) is 30.3 Å². The molecular weight excluding hydrogens is 206 g/mol. The molecule has 0 aliphatic rings. The van der Waals surface area contributed by atoms with Crippen molar-refractivity contribution < 1.29 is 14.3 Å². The van der Waals surface area contributed by atoms with Crippen molar-refractivity contribution in [1.82, 2.24) is 5.32 Å². The third-order valence-corrected chi connectivity index (χ3v) is 2.01. The van der Waals surface area contributed by atoms with E-state index >= 15 is 0 Å². The number of hydrogen-bond donors (Lipinski definition) is 1. The number of ketones is 1. The summed E-state index contributed by atoms with van der Waals surface area (Å²) in [4.78, 5) is 22.9. The Kier molecular flexibility index (Phi) is 4.27. The molecule has 0 unspecified atom stereocenters. The zero-order valence-electron chi connectivity index (χ0n) is 9.19. The van der Waals surface area contributed by atoms with Gasteiger partial charge in [0.2, 0.25) is 5.78 Å². The van der Waals surface area contributed by atoms with E-state index in [-0.39, 0.29) is 11.5 Å². The number of likely N-dealkylation sites (N-methyl/N-ethyl adjacent to an activating group) is 1. The largest absolute Gasteiger partial charge is 0.466 e. The number of benzene rings is 1. The van der Waals surface area contributed by atoms with Gasteiger partial charge in [-0.15, -0.1) is 0 Å². The number of ether oxygens (including phenoxy) is 1. The predicted molar refractivity (Wildman–Crippen MR) is 59.9 cm³/mol. The van der Waals surface area contributed by atoms with Gasteiger partial charge in [-0.05, 0) is 0 Å². The zero-order chi connectivity index (χ0) is 12.0. The Labute approximate surface area is 93.9 Å². The molecule has 0 saturated carbocycles. The summed E-state index contributed by atoms with van der Waals surface area (Å²) < 4.78 is 4.46. The van der Waals surface area contributed by atoms with Crippen LogP contribution in [0.1, 0.15) is 10.4 Å². The molecule has 0 fully saturated rings. The van der Waals surface area contributed by atoms with Gasteiger partial charge in [-0.25, -0.2) is 4.79 Å². The molecule has 0 aliphatic carbocycles. The fourth-order valence-corrected chi connectivity index (χ4v) is 1.17. The maximum Gasteiger partial charge on any atom is 0.332 e. The van der Waals surface area contributed by atoms with Crippen LogP contribution in [0.15, 0.2) is 42.1 Å². The minimum absolute atomic E-state index is 0.207. The average Bonchev–Trinajstić information content (AvgIpc) is 2.35. The third-order valence-electron chi connectivity index (χ3n) is 2.01. The van der Waals surface area contributed by atoms with E-state index in [0.717, 1.165) is 6.08 Å². The van der Waals surface area contributed by atoms with Crippen LogP contribution in [0.25, 0.3) is 0 Å².